The topological polar surface area (TPSA) is 53.0 Å². The first kappa shape index (κ1) is 12.5. The van der Waals surface area contributed by atoms with E-state index in [0.29, 0.717) is 6.04 Å². The Bertz CT molecular complexity index is 238. The van der Waals surface area contributed by atoms with Crippen molar-refractivity contribution in [3.63, 3.8) is 0 Å². The monoisotopic (exact) mass is 209 g/mol. The van der Waals surface area contributed by atoms with Crippen LogP contribution in [0.4, 0.5) is 0 Å². The molecule has 1 saturated carbocycles. The van der Waals surface area contributed by atoms with Gasteiger partial charge in [-0.05, 0) is 46.1 Å². The smallest absolute Gasteiger partial charge is 0.102 e. The zero-order chi connectivity index (χ0) is 11.5. The molecule has 0 heterocycles. The standard InChI is InChI=1S/C12H23N3/c1-4-7-15(11-5-6-11)10(2)8-12(3,14)9-13/h10-11H,4-8,14H2,1-3H3. The SMILES string of the molecule is CCCN(C(C)CC(C)(N)C#N)C1CC1. The summed E-state index contributed by atoms with van der Waals surface area (Å²) >= 11 is 0. The largest absolute Gasteiger partial charge is 0.314 e. The van der Waals surface area contributed by atoms with Gasteiger partial charge in [0, 0.05) is 12.1 Å². The summed E-state index contributed by atoms with van der Waals surface area (Å²) in [5.41, 5.74) is 5.20. The Morgan fingerprint density at radius 2 is 2.20 bits per heavy atom. The summed E-state index contributed by atoms with van der Waals surface area (Å²) in [6, 6.07) is 3.36. The average Bonchev–Trinajstić information content (AvgIpc) is 2.96. The Morgan fingerprint density at radius 3 is 2.60 bits per heavy atom. The van der Waals surface area contributed by atoms with Gasteiger partial charge in [-0.1, -0.05) is 6.92 Å². The van der Waals surface area contributed by atoms with Crippen LogP contribution in [0.15, 0.2) is 0 Å². The normalized spacial score (nSPS) is 22.1. The van der Waals surface area contributed by atoms with Crippen molar-refractivity contribution in [3.05, 3.63) is 0 Å². The Labute approximate surface area is 93.2 Å². The third kappa shape index (κ3) is 3.81. The molecule has 15 heavy (non-hydrogen) atoms. The highest BCUT2D eigenvalue weighted by molar-refractivity contribution is 5.03. The van der Waals surface area contributed by atoms with Gasteiger partial charge in [0.2, 0.25) is 0 Å². The molecule has 86 valence electrons. The molecule has 2 atom stereocenters. The lowest BCUT2D eigenvalue weighted by molar-refractivity contribution is 0.175. The predicted molar refractivity (Wildman–Crippen MR) is 62.3 cm³/mol. The molecule has 0 aromatic rings. The van der Waals surface area contributed by atoms with Crippen LogP contribution in [0.1, 0.15) is 46.5 Å². The molecule has 2 unspecified atom stereocenters. The van der Waals surface area contributed by atoms with Gasteiger partial charge in [0.1, 0.15) is 5.54 Å². The van der Waals surface area contributed by atoms with Crippen LogP contribution in [0.25, 0.3) is 0 Å². The molecule has 1 aliphatic rings. The molecule has 0 aromatic carbocycles. The van der Waals surface area contributed by atoms with Crippen molar-refractivity contribution in [3.8, 4) is 6.07 Å². The van der Waals surface area contributed by atoms with Crippen LogP contribution in [0.5, 0.6) is 0 Å². The van der Waals surface area contributed by atoms with Crippen molar-refractivity contribution in [2.75, 3.05) is 6.54 Å². The zero-order valence-electron chi connectivity index (χ0n) is 10.2. The second kappa shape index (κ2) is 4.96. The van der Waals surface area contributed by atoms with Gasteiger partial charge < -0.3 is 5.73 Å². The molecule has 0 aromatic heterocycles. The molecule has 0 bridgehead atoms. The highest BCUT2D eigenvalue weighted by Gasteiger charge is 2.33. The van der Waals surface area contributed by atoms with Crippen LogP contribution in [0.3, 0.4) is 0 Å². The van der Waals surface area contributed by atoms with E-state index in [1.54, 1.807) is 0 Å². The molecular weight excluding hydrogens is 186 g/mol. The average molecular weight is 209 g/mol. The van der Waals surface area contributed by atoms with Crippen molar-refractivity contribution in [2.24, 2.45) is 5.73 Å². The van der Waals surface area contributed by atoms with E-state index < -0.39 is 5.54 Å². The lowest BCUT2D eigenvalue weighted by Crippen LogP contribution is -2.44. The van der Waals surface area contributed by atoms with E-state index in [1.165, 1.54) is 19.3 Å². The second-order valence-corrected chi connectivity index (χ2v) is 5.05. The molecule has 2 N–H and O–H groups in total. The third-order valence-electron chi connectivity index (χ3n) is 3.04. The van der Waals surface area contributed by atoms with Crippen LogP contribution in [0, 0.1) is 11.3 Å². The summed E-state index contributed by atoms with van der Waals surface area (Å²) in [6.45, 7) is 7.35. The van der Waals surface area contributed by atoms with E-state index in [0.717, 1.165) is 19.0 Å². The fraction of sp³-hybridized carbons (Fsp3) is 0.917. The van der Waals surface area contributed by atoms with Crippen molar-refractivity contribution in [2.45, 2.75) is 64.1 Å². The number of hydrogen-bond donors (Lipinski definition) is 1. The Balaban J connectivity index is 2.49. The zero-order valence-corrected chi connectivity index (χ0v) is 10.2. The maximum Gasteiger partial charge on any atom is 0.102 e. The lowest BCUT2D eigenvalue weighted by Gasteiger charge is -2.32. The van der Waals surface area contributed by atoms with Gasteiger partial charge in [-0.25, -0.2) is 0 Å². The second-order valence-electron chi connectivity index (χ2n) is 5.05. The van der Waals surface area contributed by atoms with Gasteiger partial charge in [-0.3, -0.25) is 4.90 Å². The fourth-order valence-corrected chi connectivity index (χ4v) is 2.20. The molecular formula is C12H23N3. The van der Waals surface area contributed by atoms with E-state index in [1.807, 2.05) is 6.92 Å². The van der Waals surface area contributed by atoms with E-state index in [2.05, 4.69) is 24.8 Å². The van der Waals surface area contributed by atoms with Crippen LogP contribution in [-0.2, 0) is 0 Å². The van der Waals surface area contributed by atoms with Crippen molar-refractivity contribution >= 4 is 0 Å². The van der Waals surface area contributed by atoms with Crippen molar-refractivity contribution < 1.29 is 0 Å². The van der Waals surface area contributed by atoms with Gasteiger partial charge in [-0.15, -0.1) is 0 Å². The first-order valence-corrected chi connectivity index (χ1v) is 5.96. The summed E-state index contributed by atoms with van der Waals surface area (Å²) in [5.74, 6) is 0. The lowest BCUT2D eigenvalue weighted by atomic mass is 9.95. The van der Waals surface area contributed by atoms with E-state index in [-0.39, 0.29) is 0 Å². The van der Waals surface area contributed by atoms with Crippen molar-refractivity contribution in [1.82, 2.24) is 4.90 Å². The van der Waals surface area contributed by atoms with Gasteiger partial charge in [-0.2, -0.15) is 5.26 Å². The van der Waals surface area contributed by atoms with Gasteiger partial charge >= 0.3 is 0 Å². The van der Waals surface area contributed by atoms with Crippen LogP contribution >= 0.6 is 0 Å². The van der Waals surface area contributed by atoms with Crippen molar-refractivity contribution in [1.29, 1.82) is 5.26 Å². The predicted octanol–water partition coefficient (Wildman–Crippen LogP) is 1.88. The summed E-state index contributed by atoms with van der Waals surface area (Å²) in [4.78, 5) is 2.52. The summed E-state index contributed by atoms with van der Waals surface area (Å²) in [5, 5.41) is 8.92. The Morgan fingerprint density at radius 1 is 1.60 bits per heavy atom. The number of rotatable bonds is 6. The summed E-state index contributed by atoms with van der Waals surface area (Å²) in [7, 11) is 0. The number of nitriles is 1. The molecule has 1 fully saturated rings. The summed E-state index contributed by atoms with van der Waals surface area (Å²) in [6.07, 6.45) is 4.57. The van der Waals surface area contributed by atoms with E-state index >= 15 is 0 Å². The Kier molecular flexibility index (Phi) is 4.12. The minimum atomic E-state index is -0.680. The molecule has 0 spiro atoms. The first-order chi connectivity index (χ1) is 7.00. The van der Waals surface area contributed by atoms with Gasteiger partial charge in [0.25, 0.3) is 0 Å². The Hall–Kier alpha value is -0.590. The maximum atomic E-state index is 8.92. The molecule has 3 nitrogen and oxygen atoms in total. The summed E-state index contributed by atoms with van der Waals surface area (Å²) < 4.78 is 0. The molecule has 1 aliphatic carbocycles. The van der Waals surface area contributed by atoms with E-state index in [9.17, 15) is 0 Å². The number of nitrogens with two attached hydrogens (primary N) is 1. The van der Waals surface area contributed by atoms with Gasteiger partial charge in [0.05, 0.1) is 6.07 Å². The highest BCUT2D eigenvalue weighted by atomic mass is 15.2. The van der Waals surface area contributed by atoms with Crippen LogP contribution in [0.2, 0.25) is 0 Å². The molecule has 0 saturated heterocycles. The van der Waals surface area contributed by atoms with E-state index in [4.69, 9.17) is 11.0 Å². The molecule has 0 radical (unpaired) electrons. The fourth-order valence-electron chi connectivity index (χ4n) is 2.20. The number of nitrogens with zero attached hydrogens (tertiary/aromatic N) is 2. The minimum absolute atomic E-state index is 0.423. The molecule has 3 heteroatoms. The highest BCUT2D eigenvalue weighted by Crippen LogP contribution is 2.30. The maximum absolute atomic E-state index is 8.92. The molecule has 1 rings (SSSR count). The molecule has 0 amide bonds. The minimum Gasteiger partial charge on any atom is -0.314 e. The van der Waals surface area contributed by atoms with Gasteiger partial charge in [0.15, 0.2) is 0 Å². The first-order valence-electron chi connectivity index (χ1n) is 5.96. The molecule has 0 aliphatic heterocycles. The third-order valence-corrected chi connectivity index (χ3v) is 3.04. The van der Waals surface area contributed by atoms with Crippen LogP contribution < -0.4 is 5.73 Å². The number of hydrogen-bond acceptors (Lipinski definition) is 3. The van der Waals surface area contributed by atoms with Crippen LogP contribution in [-0.4, -0.2) is 29.1 Å². The quantitative estimate of drug-likeness (QED) is 0.726.